The average molecular weight is 414 g/mol. The highest BCUT2D eigenvalue weighted by Gasteiger charge is 2.34. The fourth-order valence-corrected chi connectivity index (χ4v) is 3.51. The van der Waals surface area contributed by atoms with Gasteiger partial charge < -0.3 is 26.0 Å². The number of amides is 3. The maximum Gasteiger partial charge on any atom is 0.288 e. The summed E-state index contributed by atoms with van der Waals surface area (Å²) in [6, 6.07) is 5.75. The van der Waals surface area contributed by atoms with Crippen LogP contribution >= 0.6 is 0 Å². The molecule has 3 rings (SSSR count). The Hall–Kier alpha value is -3.20. The fourth-order valence-electron chi connectivity index (χ4n) is 3.51. The minimum Gasteiger partial charge on any atom is -0.381 e. The first-order chi connectivity index (χ1) is 14.3. The largest absolute Gasteiger partial charge is 0.381 e. The summed E-state index contributed by atoms with van der Waals surface area (Å²) >= 11 is 0. The highest BCUT2D eigenvalue weighted by molar-refractivity contribution is 6.37. The second-order valence-corrected chi connectivity index (χ2v) is 7.79. The predicted molar refractivity (Wildman–Crippen MR) is 109 cm³/mol. The number of Topliss-reactive ketones (excluding diaryl/α,β-unsaturated/α-hetero) is 1. The van der Waals surface area contributed by atoms with E-state index in [1.807, 2.05) is 24.3 Å². The summed E-state index contributed by atoms with van der Waals surface area (Å²) in [7, 11) is 0. The second-order valence-electron chi connectivity index (χ2n) is 7.79. The number of hydrogen-bond donors (Lipinski definition) is 5. The molecule has 1 aromatic carbocycles. The van der Waals surface area contributed by atoms with Gasteiger partial charge in [0.15, 0.2) is 6.10 Å². The molecule has 0 aliphatic carbocycles. The normalized spacial score (nSPS) is 19.9. The third-order valence-corrected chi connectivity index (χ3v) is 5.25. The molecule has 3 atom stereocenters. The standard InChI is InChI=1S/C21H26N4O5/c1-11(2)17(20(29)24-15-7-8-22-21(30)18(15)27)25-19(28)16(26)9-12-10-23-14-6-4-3-5-13(12)14/h3-6,10-11,15,17-18,23,27H,7-9H2,1-2H3,(H,22,30)(H,24,29)(H,25,28). The van der Waals surface area contributed by atoms with E-state index in [1.54, 1.807) is 20.0 Å². The monoisotopic (exact) mass is 414 g/mol. The first kappa shape index (κ1) is 21.5. The number of carbonyl (C=O) groups is 4. The van der Waals surface area contributed by atoms with E-state index in [2.05, 4.69) is 20.9 Å². The SMILES string of the molecule is CC(C)C(NC(=O)C(=O)Cc1c[nH]c2ccccc12)C(=O)NC1CCNC(=O)C1O. The summed E-state index contributed by atoms with van der Waals surface area (Å²) in [6.07, 6.45) is 0.619. The van der Waals surface area contributed by atoms with Gasteiger partial charge in [-0.15, -0.1) is 0 Å². The number of ketones is 1. The van der Waals surface area contributed by atoms with Crippen LogP contribution < -0.4 is 16.0 Å². The lowest BCUT2D eigenvalue weighted by molar-refractivity contribution is -0.140. The number of benzene rings is 1. The van der Waals surface area contributed by atoms with Crippen LogP contribution in [0.2, 0.25) is 0 Å². The van der Waals surface area contributed by atoms with Crippen LogP contribution in [0.4, 0.5) is 0 Å². The van der Waals surface area contributed by atoms with E-state index < -0.39 is 41.7 Å². The number of nitrogens with one attached hydrogen (secondary N) is 4. The van der Waals surface area contributed by atoms with Crippen LogP contribution in [0.15, 0.2) is 30.5 Å². The molecule has 30 heavy (non-hydrogen) atoms. The summed E-state index contributed by atoms with van der Waals surface area (Å²) < 4.78 is 0. The number of piperidine rings is 1. The fraction of sp³-hybridized carbons (Fsp3) is 0.429. The van der Waals surface area contributed by atoms with Crippen molar-refractivity contribution in [1.29, 1.82) is 0 Å². The Morgan fingerprint density at radius 1 is 1.23 bits per heavy atom. The van der Waals surface area contributed by atoms with Crippen LogP contribution in [0.1, 0.15) is 25.8 Å². The molecule has 1 fully saturated rings. The Labute approximate surface area is 173 Å². The van der Waals surface area contributed by atoms with Crippen LogP contribution in [0.25, 0.3) is 10.9 Å². The molecule has 0 saturated carbocycles. The zero-order chi connectivity index (χ0) is 21.8. The molecule has 160 valence electrons. The first-order valence-electron chi connectivity index (χ1n) is 9.92. The third-order valence-electron chi connectivity index (χ3n) is 5.25. The summed E-state index contributed by atoms with van der Waals surface area (Å²) in [6.45, 7) is 3.81. The molecule has 3 unspecified atom stereocenters. The molecule has 1 aliphatic rings. The second kappa shape index (κ2) is 9.08. The Morgan fingerprint density at radius 2 is 1.97 bits per heavy atom. The van der Waals surface area contributed by atoms with Crippen LogP contribution in [0.3, 0.4) is 0 Å². The van der Waals surface area contributed by atoms with Gasteiger partial charge in [-0.2, -0.15) is 0 Å². The molecule has 0 radical (unpaired) electrons. The van der Waals surface area contributed by atoms with Crippen molar-refractivity contribution in [2.75, 3.05) is 6.54 Å². The van der Waals surface area contributed by atoms with Gasteiger partial charge in [0.1, 0.15) is 6.04 Å². The average Bonchev–Trinajstić information content (AvgIpc) is 3.12. The zero-order valence-corrected chi connectivity index (χ0v) is 16.9. The lowest BCUT2D eigenvalue weighted by Crippen LogP contribution is -2.60. The van der Waals surface area contributed by atoms with Gasteiger partial charge in [-0.1, -0.05) is 32.0 Å². The van der Waals surface area contributed by atoms with E-state index >= 15 is 0 Å². The summed E-state index contributed by atoms with van der Waals surface area (Å²) in [5, 5.41) is 18.4. The topological polar surface area (TPSA) is 140 Å². The molecule has 0 spiro atoms. The predicted octanol–water partition coefficient (Wildman–Crippen LogP) is -0.214. The molecule has 1 aromatic heterocycles. The van der Waals surface area contributed by atoms with Crippen LogP contribution in [-0.4, -0.2) is 58.3 Å². The van der Waals surface area contributed by atoms with Gasteiger partial charge >= 0.3 is 0 Å². The van der Waals surface area contributed by atoms with E-state index in [0.29, 0.717) is 18.5 Å². The first-order valence-corrected chi connectivity index (χ1v) is 9.92. The third kappa shape index (κ3) is 4.68. The number of aliphatic hydroxyl groups excluding tert-OH is 1. The Kier molecular flexibility index (Phi) is 6.51. The van der Waals surface area contributed by atoms with E-state index in [0.717, 1.165) is 10.9 Å². The molecule has 9 nitrogen and oxygen atoms in total. The molecule has 2 heterocycles. The van der Waals surface area contributed by atoms with Crippen molar-refractivity contribution < 1.29 is 24.3 Å². The molecule has 0 bridgehead atoms. The van der Waals surface area contributed by atoms with Gasteiger partial charge in [-0.05, 0) is 24.0 Å². The van der Waals surface area contributed by atoms with Gasteiger partial charge in [0.05, 0.1) is 6.04 Å². The maximum atomic E-state index is 12.7. The Bertz CT molecular complexity index is 967. The van der Waals surface area contributed by atoms with Gasteiger partial charge in [-0.3, -0.25) is 19.2 Å². The number of aliphatic hydroxyl groups is 1. The molecule has 3 amide bonds. The minimum absolute atomic E-state index is 0.0935. The van der Waals surface area contributed by atoms with E-state index in [-0.39, 0.29) is 12.3 Å². The number of hydrogen-bond acceptors (Lipinski definition) is 5. The smallest absolute Gasteiger partial charge is 0.288 e. The molecule has 1 aliphatic heterocycles. The molecule has 2 aromatic rings. The van der Waals surface area contributed by atoms with Crippen LogP contribution in [0, 0.1) is 5.92 Å². The van der Waals surface area contributed by atoms with Gasteiger partial charge in [0, 0.05) is 30.1 Å². The number of para-hydroxylation sites is 1. The number of carbonyl (C=O) groups excluding carboxylic acids is 4. The van der Waals surface area contributed by atoms with Crippen LogP contribution in [0.5, 0.6) is 0 Å². The van der Waals surface area contributed by atoms with Crippen molar-refractivity contribution in [3.63, 3.8) is 0 Å². The van der Waals surface area contributed by atoms with Crippen molar-refractivity contribution in [2.24, 2.45) is 5.92 Å². The van der Waals surface area contributed by atoms with Crippen molar-refractivity contribution in [1.82, 2.24) is 20.9 Å². The van der Waals surface area contributed by atoms with E-state index in [9.17, 15) is 24.3 Å². The number of aromatic amines is 1. The quantitative estimate of drug-likeness (QED) is 0.399. The van der Waals surface area contributed by atoms with E-state index in [1.165, 1.54) is 0 Å². The molecule has 5 N–H and O–H groups in total. The summed E-state index contributed by atoms with van der Waals surface area (Å²) in [4.78, 5) is 52.2. The number of fused-ring (bicyclic) bond motifs is 1. The molecule has 1 saturated heterocycles. The number of H-pyrrole nitrogens is 1. The van der Waals surface area contributed by atoms with Crippen molar-refractivity contribution in [3.8, 4) is 0 Å². The summed E-state index contributed by atoms with van der Waals surface area (Å²) in [5.41, 5.74) is 1.57. The zero-order valence-electron chi connectivity index (χ0n) is 16.9. The van der Waals surface area contributed by atoms with Gasteiger partial charge in [-0.25, -0.2) is 0 Å². The lowest BCUT2D eigenvalue weighted by Gasteiger charge is -2.30. The van der Waals surface area contributed by atoms with Crippen molar-refractivity contribution in [2.45, 2.75) is 44.9 Å². The lowest BCUT2D eigenvalue weighted by atomic mass is 9.99. The number of rotatable bonds is 7. The molecule has 9 heteroatoms. The Morgan fingerprint density at radius 3 is 2.70 bits per heavy atom. The van der Waals surface area contributed by atoms with E-state index in [4.69, 9.17) is 0 Å². The summed E-state index contributed by atoms with van der Waals surface area (Å²) in [5.74, 6) is -2.90. The maximum absolute atomic E-state index is 12.7. The van der Waals surface area contributed by atoms with Gasteiger partial charge in [0.25, 0.3) is 11.8 Å². The molecular weight excluding hydrogens is 388 g/mol. The highest BCUT2D eigenvalue weighted by Crippen LogP contribution is 2.18. The van der Waals surface area contributed by atoms with Gasteiger partial charge in [0.2, 0.25) is 11.7 Å². The van der Waals surface area contributed by atoms with Crippen molar-refractivity contribution >= 4 is 34.4 Å². The molecular formula is C21H26N4O5. The number of aromatic nitrogens is 1. The van der Waals surface area contributed by atoms with Crippen LogP contribution in [-0.2, 0) is 25.6 Å². The highest BCUT2D eigenvalue weighted by atomic mass is 16.3. The Balaban J connectivity index is 1.63. The minimum atomic E-state index is -1.35. The van der Waals surface area contributed by atoms with Crippen molar-refractivity contribution in [3.05, 3.63) is 36.0 Å².